The predicted octanol–water partition coefficient (Wildman–Crippen LogP) is 0.713. The summed E-state index contributed by atoms with van der Waals surface area (Å²) in [5, 5.41) is 2.62. The first-order valence-electron chi connectivity index (χ1n) is 4.48. The number of hydrogen-bond acceptors (Lipinski definition) is 3. The number of nitrogens with two attached hydrogens (primary N) is 1. The van der Waals surface area contributed by atoms with Gasteiger partial charge in [0.05, 0.1) is 0 Å². The van der Waals surface area contributed by atoms with Gasteiger partial charge in [-0.3, -0.25) is 9.59 Å². The Morgan fingerprint density at radius 3 is 2.21 bits per heavy atom. The van der Waals surface area contributed by atoms with Crippen LogP contribution in [0.1, 0.15) is 27.2 Å². The first-order valence-corrected chi connectivity index (χ1v) is 5.70. The molecule has 0 aromatic rings. The molecule has 0 aliphatic rings. The minimum absolute atomic E-state index is 0.237. The second-order valence-electron chi connectivity index (χ2n) is 3.67. The zero-order valence-corrected chi connectivity index (χ0v) is 9.90. The Hall–Kier alpha value is -0.710. The quantitative estimate of drug-likeness (QED) is 0.668. The summed E-state index contributed by atoms with van der Waals surface area (Å²) in [6, 6.07) is 0. The molecule has 14 heavy (non-hydrogen) atoms. The molecule has 0 saturated heterocycles. The van der Waals surface area contributed by atoms with Crippen LogP contribution in [-0.4, -0.2) is 22.9 Å². The monoisotopic (exact) mass is 218 g/mol. The van der Waals surface area contributed by atoms with Crippen molar-refractivity contribution in [1.82, 2.24) is 5.32 Å². The molecule has 0 rings (SSSR count). The van der Waals surface area contributed by atoms with Crippen molar-refractivity contribution in [3.63, 3.8) is 0 Å². The third-order valence-electron chi connectivity index (χ3n) is 1.82. The maximum absolute atomic E-state index is 11.3. The van der Waals surface area contributed by atoms with Crippen LogP contribution in [0, 0.1) is 5.92 Å². The summed E-state index contributed by atoms with van der Waals surface area (Å²) in [5.41, 5.74) is 5.30. The van der Waals surface area contributed by atoms with Crippen molar-refractivity contribution < 1.29 is 9.59 Å². The summed E-state index contributed by atoms with van der Waals surface area (Å²) in [6.45, 7) is 5.35. The topological polar surface area (TPSA) is 72.2 Å². The van der Waals surface area contributed by atoms with Crippen LogP contribution in [0.2, 0.25) is 0 Å². The Kier molecular flexibility index (Phi) is 4.97. The van der Waals surface area contributed by atoms with Gasteiger partial charge in [-0.1, -0.05) is 13.8 Å². The van der Waals surface area contributed by atoms with E-state index >= 15 is 0 Å². The number of nitrogens with one attached hydrogen (secondary N) is 1. The van der Waals surface area contributed by atoms with Crippen LogP contribution in [0.15, 0.2) is 0 Å². The fourth-order valence-corrected chi connectivity index (χ4v) is 2.25. The minimum atomic E-state index is -0.958. The third-order valence-corrected chi connectivity index (χ3v) is 2.99. The van der Waals surface area contributed by atoms with E-state index in [2.05, 4.69) is 5.32 Å². The molecule has 0 bridgehead atoms. The van der Waals surface area contributed by atoms with Gasteiger partial charge >= 0.3 is 0 Å². The summed E-state index contributed by atoms with van der Waals surface area (Å²) in [5.74, 6) is -0.436. The van der Waals surface area contributed by atoms with Crippen molar-refractivity contribution in [2.24, 2.45) is 11.7 Å². The summed E-state index contributed by atoms with van der Waals surface area (Å²) in [4.78, 5) is 21.3. The highest BCUT2D eigenvalue weighted by Gasteiger charge is 2.37. The molecule has 0 radical (unpaired) electrons. The fourth-order valence-electron chi connectivity index (χ4n) is 1.31. The van der Waals surface area contributed by atoms with E-state index in [-0.39, 0.29) is 5.91 Å². The van der Waals surface area contributed by atoms with Crippen molar-refractivity contribution in [3.8, 4) is 0 Å². The van der Waals surface area contributed by atoms with Crippen LogP contribution in [0.3, 0.4) is 0 Å². The first kappa shape index (κ1) is 13.3. The van der Waals surface area contributed by atoms with E-state index in [1.807, 2.05) is 13.8 Å². The highest BCUT2D eigenvalue weighted by molar-refractivity contribution is 8.00. The standard InChI is InChI=1S/C9H18N2O2S/c1-6(2)5-9(14-4,8(10)13)11-7(3)12/h6H,5H2,1-4H3,(H2,10,13)(H,11,12). The second-order valence-corrected chi connectivity index (χ2v) is 4.78. The van der Waals surface area contributed by atoms with E-state index in [1.165, 1.54) is 18.7 Å². The normalized spacial score (nSPS) is 14.9. The molecular weight excluding hydrogens is 200 g/mol. The van der Waals surface area contributed by atoms with Crippen LogP contribution in [-0.2, 0) is 9.59 Å². The number of rotatable bonds is 5. The van der Waals surface area contributed by atoms with Gasteiger partial charge in [0.1, 0.15) is 0 Å². The Labute approximate surface area is 89.0 Å². The average Bonchev–Trinajstić information content (AvgIpc) is 2.00. The molecule has 0 saturated carbocycles. The molecular formula is C9H18N2O2S. The summed E-state index contributed by atoms with van der Waals surface area (Å²) in [7, 11) is 0. The highest BCUT2D eigenvalue weighted by Crippen LogP contribution is 2.27. The molecule has 1 unspecified atom stereocenters. The van der Waals surface area contributed by atoms with Crippen molar-refractivity contribution in [2.75, 3.05) is 6.26 Å². The van der Waals surface area contributed by atoms with Crippen LogP contribution in [0.5, 0.6) is 0 Å². The molecule has 3 N–H and O–H groups in total. The first-order chi connectivity index (χ1) is 6.34. The molecule has 0 spiro atoms. The zero-order valence-electron chi connectivity index (χ0n) is 9.09. The molecule has 0 aliphatic heterocycles. The van der Waals surface area contributed by atoms with Gasteiger partial charge in [-0.05, 0) is 18.6 Å². The summed E-state index contributed by atoms with van der Waals surface area (Å²) in [6.07, 6.45) is 2.31. The molecule has 0 aliphatic carbocycles. The molecule has 4 nitrogen and oxygen atoms in total. The average molecular weight is 218 g/mol. The largest absolute Gasteiger partial charge is 0.367 e. The lowest BCUT2D eigenvalue weighted by atomic mass is 10.0. The highest BCUT2D eigenvalue weighted by atomic mass is 32.2. The minimum Gasteiger partial charge on any atom is -0.367 e. The zero-order chi connectivity index (χ0) is 11.4. The lowest BCUT2D eigenvalue weighted by Gasteiger charge is -2.30. The van der Waals surface area contributed by atoms with Crippen molar-refractivity contribution >= 4 is 23.6 Å². The van der Waals surface area contributed by atoms with E-state index in [0.717, 1.165) is 0 Å². The van der Waals surface area contributed by atoms with E-state index in [4.69, 9.17) is 5.73 Å². The lowest BCUT2D eigenvalue weighted by molar-refractivity contribution is -0.127. The van der Waals surface area contributed by atoms with Crippen LogP contribution < -0.4 is 11.1 Å². The number of carbonyl (C=O) groups excluding carboxylic acids is 2. The van der Waals surface area contributed by atoms with Gasteiger partial charge in [0.2, 0.25) is 5.91 Å². The molecule has 0 aromatic carbocycles. The Morgan fingerprint density at radius 2 is 2.00 bits per heavy atom. The molecule has 82 valence electrons. The Balaban J connectivity index is 4.78. The maximum atomic E-state index is 11.3. The van der Waals surface area contributed by atoms with Gasteiger partial charge < -0.3 is 11.1 Å². The molecule has 5 heteroatoms. The molecule has 0 aromatic heterocycles. The number of carbonyl (C=O) groups is 2. The van der Waals surface area contributed by atoms with Gasteiger partial charge in [-0.2, -0.15) is 0 Å². The summed E-state index contributed by atoms with van der Waals surface area (Å²) >= 11 is 1.28. The molecule has 1 atom stereocenters. The number of thioether (sulfide) groups is 1. The van der Waals surface area contributed by atoms with Crippen LogP contribution >= 0.6 is 11.8 Å². The summed E-state index contributed by atoms with van der Waals surface area (Å²) < 4.78 is 0. The lowest BCUT2D eigenvalue weighted by Crippen LogP contribution is -2.55. The molecule has 2 amide bonds. The smallest absolute Gasteiger partial charge is 0.253 e. The van der Waals surface area contributed by atoms with Crippen LogP contribution in [0.4, 0.5) is 0 Å². The molecule has 0 heterocycles. The Morgan fingerprint density at radius 1 is 1.50 bits per heavy atom. The van der Waals surface area contributed by atoms with E-state index in [0.29, 0.717) is 12.3 Å². The third kappa shape index (κ3) is 3.57. The molecule has 0 fully saturated rings. The number of hydrogen-bond donors (Lipinski definition) is 2. The van der Waals surface area contributed by atoms with Gasteiger partial charge in [0, 0.05) is 6.92 Å². The van der Waals surface area contributed by atoms with Crippen molar-refractivity contribution in [1.29, 1.82) is 0 Å². The van der Waals surface area contributed by atoms with Crippen molar-refractivity contribution in [2.45, 2.75) is 32.1 Å². The van der Waals surface area contributed by atoms with Gasteiger partial charge in [-0.15, -0.1) is 11.8 Å². The Bertz CT molecular complexity index is 231. The van der Waals surface area contributed by atoms with E-state index < -0.39 is 10.8 Å². The van der Waals surface area contributed by atoms with Crippen molar-refractivity contribution in [3.05, 3.63) is 0 Å². The SMILES string of the molecule is CSC(CC(C)C)(NC(C)=O)C(N)=O. The number of amides is 2. The van der Waals surface area contributed by atoms with Gasteiger partial charge in [-0.25, -0.2) is 0 Å². The van der Waals surface area contributed by atoms with Gasteiger partial charge in [0.15, 0.2) is 4.87 Å². The van der Waals surface area contributed by atoms with Crippen LogP contribution in [0.25, 0.3) is 0 Å². The second kappa shape index (κ2) is 5.24. The van der Waals surface area contributed by atoms with E-state index in [1.54, 1.807) is 6.26 Å². The maximum Gasteiger partial charge on any atom is 0.253 e. The van der Waals surface area contributed by atoms with Gasteiger partial charge in [0.25, 0.3) is 5.91 Å². The van der Waals surface area contributed by atoms with E-state index in [9.17, 15) is 9.59 Å². The predicted molar refractivity (Wildman–Crippen MR) is 58.7 cm³/mol. The fraction of sp³-hybridized carbons (Fsp3) is 0.778. The number of primary amides is 1.